The largest absolute Gasteiger partial charge is 0.510 e. The average Bonchev–Trinajstić information content (AvgIpc) is 4.10. The molecule has 9 aromatic carbocycles. The predicted molar refractivity (Wildman–Crippen MR) is 304 cm³/mol. The van der Waals surface area contributed by atoms with Crippen molar-refractivity contribution < 1.29 is 35.1 Å². The number of benzene rings is 9. The molecule has 0 unspecified atom stereocenters. The minimum Gasteiger partial charge on any atom is -0.510 e. The Morgan fingerprint density at radius 1 is 0.613 bits per heavy atom. The Morgan fingerprint density at radius 3 is 1.95 bits per heavy atom. The van der Waals surface area contributed by atoms with Crippen LogP contribution in [0.4, 0.5) is 0 Å². The maximum Gasteiger partial charge on any atom is 0.268 e. The molecular formula is C66H49BN4O2PtSi-2. The summed E-state index contributed by atoms with van der Waals surface area (Å²) in [5, 5.41) is 4.81. The second-order valence-electron chi connectivity index (χ2n) is 21.2. The predicted octanol–water partition coefficient (Wildman–Crippen LogP) is 12.0. The summed E-state index contributed by atoms with van der Waals surface area (Å²) < 4.78 is 20.1. The number of imidazole rings is 1. The second kappa shape index (κ2) is 17.8. The smallest absolute Gasteiger partial charge is 0.268 e. The van der Waals surface area contributed by atoms with Crippen molar-refractivity contribution in [3.8, 4) is 62.4 Å². The molecule has 0 aliphatic carbocycles. The quantitative estimate of drug-likeness (QED) is 0.0907. The van der Waals surface area contributed by atoms with Crippen molar-refractivity contribution in [1.29, 1.82) is 0 Å². The van der Waals surface area contributed by atoms with Gasteiger partial charge in [0.25, 0.3) is 13.0 Å². The van der Waals surface area contributed by atoms with E-state index < -0.39 is 8.07 Å². The van der Waals surface area contributed by atoms with Crippen LogP contribution in [0.5, 0.6) is 23.0 Å². The van der Waals surface area contributed by atoms with Gasteiger partial charge >= 0.3 is 0 Å². The van der Waals surface area contributed by atoms with E-state index in [0.717, 1.165) is 94.7 Å². The van der Waals surface area contributed by atoms with Crippen molar-refractivity contribution in [2.75, 3.05) is 0 Å². The van der Waals surface area contributed by atoms with Gasteiger partial charge in [-0.1, -0.05) is 196 Å². The zero-order chi connectivity index (χ0) is 49.9. The minimum absolute atomic E-state index is 0. The molecule has 0 saturated heterocycles. The maximum absolute atomic E-state index is 6.93. The zero-order valence-electron chi connectivity index (χ0n) is 42.1. The molecule has 0 saturated carbocycles. The van der Waals surface area contributed by atoms with Crippen molar-refractivity contribution in [3.05, 3.63) is 230 Å². The van der Waals surface area contributed by atoms with Gasteiger partial charge in [-0.15, -0.1) is 34.8 Å². The normalized spacial score (nSPS) is 13.2. The van der Waals surface area contributed by atoms with Crippen LogP contribution in [-0.4, -0.2) is 28.9 Å². The fourth-order valence-electron chi connectivity index (χ4n) is 11.6. The van der Waals surface area contributed by atoms with Gasteiger partial charge in [-0.25, -0.2) is 4.98 Å². The van der Waals surface area contributed by atoms with Gasteiger partial charge < -0.3 is 18.6 Å². The van der Waals surface area contributed by atoms with Gasteiger partial charge in [-0.05, 0) is 85.6 Å². The van der Waals surface area contributed by atoms with Gasteiger partial charge in [0.2, 0.25) is 0 Å². The summed E-state index contributed by atoms with van der Waals surface area (Å²) in [6.45, 7) is 11.6. The van der Waals surface area contributed by atoms with Crippen LogP contribution in [0.25, 0.3) is 72.3 Å². The van der Waals surface area contributed by atoms with E-state index in [0.29, 0.717) is 11.5 Å². The maximum atomic E-state index is 6.93. The number of fused-ring (bicyclic) bond motifs is 7. The first kappa shape index (κ1) is 46.7. The molecule has 0 atom stereocenters. The van der Waals surface area contributed by atoms with Gasteiger partial charge in [0, 0.05) is 52.4 Å². The summed E-state index contributed by atoms with van der Waals surface area (Å²) in [4.78, 5) is 5.02. The third kappa shape index (κ3) is 7.56. The van der Waals surface area contributed by atoms with Gasteiger partial charge in [-0.2, -0.15) is 12.1 Å². The van der Waals surface area contributed by atoms with E-state index in [1.807, 2.05) is 24.4 Å². The monoisotopic (exact) mass is 1160 g/mol. The molecule has 0 bridgehead atoms. The van der Waals surface area contributed by atoms with Crippen molar-refractivity contribution in [3.63, 3.8) is 0 Å². The number of hydrogen-bond donors (Lipinski definition) is 0. The number of nitrogens with zero attached hydrogens (tertiary/aromatic N) is 4. The van der Waals surface area contributed by atoms with Crippen molar-refractivity contribution >= 4 is 74.4 Å². The van der Waals surface area contributed by atoms with Crippen LogP contribution in [0.15, 0.2) is 206 Å². The first-order chi connectivity index (χ1) is 36.1. The van der Waals surface area contributed by atoms with Crippen LogP contribution in [0.2, 0.25) is 13.1 Å². The molecule has 2 aliphatic heterocycles. The summed E-state index contributed by atoms with van der Waals surface area (Å²) in [5.74, 6) is 3.79. The van der Waals surface area contributed by atoms with Gasteiger partial charge in [0.05, 0.1) is 16.7 Å². The SMILES string of the molecule is CC(C)(C)c1ccnc(-n2c3[c-]c(Oc4[c-]c5c(cc4)[Si](C)(C)c4cccc6c4n-5[c-][n+]6-c4c(-c5ccccc5)cccc4-c4ccccc4)ccc3c3cc(B4c5ccccc5Oc5ccccc54)ccc32)c1.[Pt]. The van der Waals surface area contributed by atoms with Crippen LogP contribution in [0.1, 0.15) is 26.3 Å². The Hall–Kier alpha value is -8.03. The van der Waals surface area contributed by atoms with E-state index in [1.54, 1.807) is 0 Å². The van der Waals surface area contributed by atoms with Crippen molar-refractivity contribution in [1.82, 2.24) is 14.1 Å². The molecule has 0 spiro atoms. The molecule has 0 fully saturated rings. The van der Waals surface area contributed by atoms with E-state index >= 15 is 0 Å². The summed E-state index contributed by atoms with van der Waals surface area (Å²) in [5.41, 5.74) is 15.4. The molecule has 9 heteroatoms. The molecule has 3 aromatic heterocycles. The first-order valence-electron chi connectivity index (χ1n) is 25.4. The average molecular weight is 1160 g/mol. The van der Waals surface area contributed by atoms with Crippen LogP contribution in [-0.2, 0) is 26.5 Å². The fraction of sp³-hybridized carbons (Fsp3) is 0.0909. The summed E-state index contributed by atoms with van der Waals surface area (Å²) in [6, 6.07) is 78.8. The van der Waals surface area contributed by atoms with E-state index in [1.165, 1.54) is 21.4 Å². The number of aromatic nitrogens is 4. The summed E-state index contributed by atoms with van der Waals surface area (Å²) in [6.07, 6.45) is 5.84. The van der Waals surface area contributed by atoms with Crippen LogP contribution < -0.4 is 40.8 Å². The minimum atomic E-state index is -2.26. The standard InChI is InChI=1S/C66H49BN4O2Si.Pt/c1-66(2,3)45-36-37-68-63(38-45)71-55-34-30-46(67-53-24-12-14-27-59(53)73-60-28-15-13-25-54(60)67)39-52(55)51-33-31-47(40-57(51)71)72-48-32-35-61-58(41-48)70-42-69(56-26-17-29-62(65(56)70)74(61,4)5)64-49(43-18-8-6-9-19-43)22-16-23-50(64)44-20-10-7-11-21-44;/h6-39H,1-5H3;/q-2;. The molecule has 0 N–H and O–H groups in total. The first-order valence-corrected chi connectivity index (χ1v) is 28.4. The van der Waals surface area contributed by atoms with E-state index in [2.05, 4.69) is 248 Å². The van der Waals surface area contributed by atoms with Gasteiger partial charge in [-0.3, -0.25) is 4.57 Å². The molecule has 12 aromatic rings. The second-order valence-corrected chi connectivity index (χ2v) is 25.5. The number of ether oxygens (including phenoxy) is 2. The molecule has 2 aliphatic rings. The third-order valence-electron chi connectivity index (χ3n) is 15.3. The Labute approximate surface area is 452 Å². The Kier molecular flexibility index (Phi) is 11.1. The number of rotatable bonds is 7. The topological polar surface area (TPSA) is 45.1 Å². The fourth-order valence-corrected chi connectivity index (χ4v) is 14.5. The molecule has 6 nitrogen and oxygen atoms in total. The van der Waals surface area contributed by atoms with E-state index in [4.69, 9.17) is 14.5 Å². The van der Waals surface area contributed by atoms with E-state index in [-0.39, 0.29) is 33.2 Å². The Morgan fingerprint density at radius 2 is 1.25 bits per heavy atom. The Balaban J connectivity index is 0.00000541. The van der Waals surface area contributed by atoms with Crippen molar-refractivity contribution in [2.24, 2.45) is 0 Å². The summed E-state index contributed by atoms with van der Waals surface area (Å²) in [7, 11) is -2.26. The molecular weight excluding hydrogens is 1110 g/mol. The number of para-hydroxylation sites is 4. The third-order valence-corrected chi connectivity index (χ3v) is 18.8. The van der Waals surface area contributed by atoms with Gasteiger partial charge in [0.15, 0.2) is 0 Å². The number of hydrogen-bond acceptors (Lipinski definition) is 3. The molecule has 5 heterocycles. The molecule has 0 amide bonds. The van der Waals surface area contributed by atoms with Gasteiger partial charge in [0.1, 0.15) is 17.3 Å². The summed E-state index contributed by atoms with van der Waals surface area (Å²) >= 11 is 0. The van der Waals surface area contributed by atoms with Crippen molar-refractivity contribution in [2.45, 2.75) is 39.3 Å². The molecule has 0 radical (unpaired) electrons. The van der Waals surface area contributed by atoms with Crippen LogP contribution in [0.3, 0.4) is 0 Å². The molecule has 364 valence electrons. The van der Waals surface area contributed by atoms with E-state index in [9.17, 15) is 0 Å². The molecule has 14 rings (SSSR count). The van der Waals surface area contributed by atoms with Crippen LogP contribution >= 0.6 is 0 Å². The zero-order valence-corrected chi connectivity index (χ0v) is 45.4. The molecule has 75 heavy (non-hydrogen) atoms. The van der Waals surface area contributed by atoms with Crippen LogP contribution in [0, 0.1) is 18.5 Å². The Bertz CT molecular complexity index is 4130. The number of pyridine rings is 1.